The fourth-order valence-electron chi connectivity index (χ4n) is 5.01. The molecule has 1 aliphatic rings. The fourth-order valence-corrected chi connectivity index (χ4v) is 6.77. The van der Waals surface area contributed by atoms with Gasteiger partial charge in [-0.1, -0.05) is 42.0 Å². The van der Waals surface area contributed by atoms with Crippen LogP contribution >= 0.6 is 0 Å². The fraction of sp³-hybridized carbons (Fsp3) is 0.214. The second-order valence-corrected chi connectivity index (χ2v) is 10.8. The molecule has 2 heterocycles. The highest BCUT2D eigenvalue weighted by Crippen LogP contribution is 2.51. The van der Waals surface area contributed by atoms with Crippen LogP contribution in [-0.4, -0.2) is 43.9 Å². The molecule has 0 saturated carbocycles. The number of ether oxygens (including phenoxy) is 2. The summed E-state index contributed by atoms with van der Waals surface area (Å²) in [6, 6.07) is 17.6. The third kappa shape index (κ3) is 4.20. The van der Waals surface area contributed by atoms with E-state index in [-0.39, 0.29) is 11.3 Å². The Bertz CT molecular complexity index is 1610. The summed E-state index contributed by atoms with van der Waals surface area (Å²) in [6.45, 7) is 1.88. The van der Waals surface area contributed by atoms with Crippen molar-refractivity contribution in [3.8, 4) is 0 Å². The number of methoxy groups -OCH3 is 2. The maximum absolute atomic E-state index is 14.2. The Morgan fingerprint density at radius 3 is 2.30 bits per heavy atom. The van der Waals surface area contributed by atoms with Crippen LogP contribution in [0.1, 0.15) is 51.1 Å². The molecule has 0 saturated heterocycles. The number of carbonyl (C=O) groups excluding carboxylic acids is 2. The Morgan fingerprint density at radius 2 is 1.62 bits per heavy atom. The van der Waals surface area contributed by atoms with Crippen LogP contribution in [0, 0.1) is 6.92 Å². The van der Waals surface area contributed by atoms with Crippen LogP contribution in [-0.2, 0) is 24.3 Å². The van der Waals surface area contributed by atoms with Crippen LogP contribution in [0.25, 0.3) is 10.9 Å². The molecule has 0 fully saturated rings. The van der Waals surface area contributed by atoms with Crippen molar-refractivity contribution in [3.05, 3.63) is 101 Å². The van der Waals surface area contributed by atoms with Crippen LogP contribution in [0.3, 0.4) is 0 Å². The molecule has 0 aliphatic carbocycles. The summed E-state index contributed by atoms with van der Waals surface area (Å²) in [4.78, 5) is 28.1. The Hall–Kier alpha value is -3.95. The molecule has 1 N–H and O–H groups in total. The zero-order valence-corrected chi connectivity index (χ0v) is 21.4. The minimum atomic E-state index is -4.08. The van der Waals surface area contributed by atoms with Crippen molar-refractivity contribution in [1.29, 1.82) is 0 Å². The van der Waals surface area contributed by atoms with Crippen LogP contribution in [0.5, 0.6) is 0 Å². The molecule has 0 spiro atoms. The van der Waals surface area contributed by atoms with Gasteiger partial charge in [-0.25, -0.2) is 13.2 Å². The van der Waals surface area contributed by atoms with Gasteiger partial charge in [-0.2, -0.15) is 4.31 Å². The van der Waals surface area contributed by atoms with E-state index in [0.717, 1.165) is 22.2 Å². The van der Waals surface area contributed by atoms with Gasteiger partial charge >= 0.3 is 11.9 Å². The lowest BCUT2D eigenvalue weighted by atomic mass is 9.96. The number of carbonyl (C=O) groups is 2. The molecule has 0 amide bonds. The van der Waals surface area contributed by atoms with Crippen molar-refractivity contribution < 1.29 is 27.5 Å². The minimum Gasteiger partial charge on any atom is -0.469 e. The summed E-state index contributed by atoms with van der Waals surface area (Å²) in [6.07, 6.45) is 1.61. The standard InChI is InChI=1S/C28H26N2O6S/c1-17-8-11-19(12-9-17)37(33,34)30-25(15-26(31)35-2)20-6-4-5-7-21(20)27(30)23-16-29-24-13-10-18(14-22(23)24)28(32)36-3/h4-14,16,25,27,29H,15H2,1-3H3/t25-,27-/m0/s1. The number of aromatic amines is 1. The number of rotatable bonds is 6. The van der Waals surface area contributed by atoms with Crippen molar-refractivity contribution in [2.45, 2.75) is 30.3 Å². The molecule has 9 heteroatoms. The van der Waals surface area contributed by atoms with Gasteiger partial charge in [0, 0.05) is 22.7 Å². The highest BCUT2D eigenvalue weighted by Gasteiger charge is 2.48. The topological polar surface area (TPSA) is 106 Å². The lowest BCUT2D eigenvalue weighted by Crippen LogP contribution is -2.34. The van der Waals surface area contributed by atoms with E-state index in [4.69, 9.17) is 9.47 Å². The number of hydrogen-bond acceptors (Lipinski definition) is 6. The van der Waals surface area contributed by atoms with Crippen LogP contribution < -0.4 is 0 Å². The van der Waals surface area contributed by atoms with E-state index in [1.165, 1.54) is 18.5 Å². The number of nitrogens with one attached hydrogen (secondary N) is 1. The average Bonchev–Trinajstić information content (AvgIpc) is 3.47. The van der Waals surface area contributed by atoms with E-state index in [9.17, 15) is 18.0 Å². The Morgan fingerprint density at radius 1 is 0.919 bits per heavy atom. The number of nitrogens with zero attached hydrogens (tertiary/aromatic N) is 1. The van der Waals surface area contributed by atoms with Crippen molar-refractivity contribution in [2.24, 2.45) is 0 Å². The molecule has 0 radical (unpaired) electrons. The van der Waals surface area contributed by atoms with E-state index in [1.54, 1.807) is 48.7 Å². The van der Waals surface area contributed by atoms with Crippen molar-refractivity contribution in [3.63, 3.8) is 0 Å². The summed E-state index contributed by atoms with van der Waals surface area (Å²) >= 11 is 0. The largest absolute Gasteiger partial charge is 0.469 e. The first kappa shape index (κ1) is 24.7. The highest BCUT2D eigenvalue weighted by molar-refractivity contribution is 7.89. The van der Waals surface area contributed by atoms with E-state index in [0.29, 0.717) is 16.5 Å². The molecule has 37 heavy (non-hydrogen) atoms. The number of hydrogen-bond donors (Lipinski definition) is 1. The summed E-state index contributed by atoms with van der Waals surface area (Å²) in [5.41, 5.74) is 4.17. The van der Waals surface area contributed by atoms with Crippen molar-refractivity contribution >= 4 is 32.9 Å². The zero-order chi connectivity index (χ0) is 26.3. The first-order valence-corrected chi connectivity index (χ1v) is 13.2. The van der Waals surface area contributed by atoms with Crippen molar-refractivity contribution in [2.75, 3.05) is 14.2 Å². The molecule has 190 valence electrons. The smallest absolute Gasteiger partial charge is 0.337 e. The zero-order valence-electron chi connectivity index (χ0n) is 20.6. The second-order valence-electron chi connectivity index (χ2n) is 8.97. The van der Waals surface area contributed by atoms with E-state index in [2.05, 4.69) is 4.98 Å². The molecule has 8 nitrogen and oxygen atoms in total. The average molecular weight is 519 g/mol. The van der Waals surface area contributed by atoms with Crippen LogP contribution in [0.2, 0.25) is 0 Å². The van der Waals surface area contributed by atoms with Gasteiger partial charge in [-0.3, -0.25) is 4.79 Å². The number of sulfonamides is 1. The monoisotopic (exact) mass is 518 g/mol. The van der Waals surface area contributed by atoms with Crippen LogP contribution in [0.15, 0.2) is 77.8 Å². The van der Waals surface area contributed by atoms with Crippen LogP contribution in [0.4, 0.5) is 0 Å². The maximum Gasteiger partial charge on any atom is 0.337 e. The molecular weight excluding hydrogens is 492 g/mol. The SMILES string of the molecule is COC(=O)C[C@H]1c2ccccc2[C@@H](c2c[nH]c3ccc(C(=O)OC)cc23)N1S(=O)(=O)c1ccc(C)cc1. The third-order valence-electron chi connectivity index (χ3n) is 6.82. The number of esters is 2. The van der Waals surface area contributed by atoms with Gasteiger partial charge in [0.1, 0.15) is 0 Å². The summed E-state index contributed by atoms with van der Waals surface area (Å²) < 4.78 is 39.7. The van der Waals surface area contributed by atoms with Gasteiger partial charge in [0.15, 0.2) is 0 Å². The van der Waals surface area contributed by atoms with Gasteiger partial charge in [0.05, 0.1) is 43.2 Å². The van der Waals surface area contributed by atoms with Gasteiger partial charge in [0.2, 0.25) is 10.0 Å². The second kappa shape index (κ2) is 9.49. The first-order chi connectivity index (χ1) is 17.8. The number of aryl methyl sites for hydroxylation is 1. The van der Waals surface area contributed by atoms with Gasteiger partial charge in [0.25, 0.3) is 0 Å². The molecule has 1 aliphatic heterocycles. The number of benzene rings is 3. The molecule has 4 aromatic rings. The summed E-state index contributed by atoms with van der Waals surface area (Å²) in [5, 5.41) is 0.686. The van der Waals surface area contributed by atoms with Gasteiger partial charge < -0.3 is 14.5 Å². The molecule has 0 bridgehead atoms. The lowest BCUT2D eigenvalue weighted by molar-refractivity contribution is -0.141. The quantitative estimate of drug-likeness (QED) is 0.372. The molecule has 3 aromatic carbocycles. The normalized spacial score (nSPS) is 17.5. The van der Waals surface area contributed by atoms with E-state index < -0.39 is 34.0 Å². The summed E-state index contributed by atoms with van der Waals surface area (Å²) in [5.74, 6) is -1.01. The summed E-state index contributed by atoms with van der Waals surface area (Å²) in [7, 11) is -1.49. The predicted octanol–water partition coefficient (Wildman–Crippen LogP) is 4.66. The first-order valence-electron chi connectivity index (χ1n) is 11.7. The highest BCUT2D eigenvalue weighted by atomic mass is 32.2. The molecule has 1 aromatic heterocycles. The predicted molar refractivity (Wildman–Crippen MR) is 138 cm³/mol. The Labute approximate surface area is 214 Å². The number of aromatic nitrogens is 1. The Kier molecular flexibility index (Phi) is 6.35. The minimum absolute atomic E-state index is 0.126. The Balaban J connectivity index is 1.76. The number of H-pyrrole nitrogens is 1. The van der Waals surface area contributed by atoms with E-state index in [1.807, 2.05) is 31.2 Å². The molecular formula is C28H26N2O6S. The molecule has 5 rings (SSSR count). The maximum atomic E-state index is 14.2. The van der Waals surface area contributed by atoms with Crippen molar-refractivity contribution in [1.82, 2.24) is 9.29 Å². The molecule has 2 atom stereocenters. The lowest BCUT2D eigenvalue weighted by Gasteiger charge is -2.29. The van der Waals surface area contributed by atoms with Gasteiger partial charge in [-0.15, -0.1) is 0 Å². The number of fused-ring (bicyclic) bond motifs is 2. The van der Waals surface area contributed by atoms with E-state index >= 15 is 0 Å². The molecule has 0 unspecified atom stereocenters. The third-order valence-corrected chi connectivity index (χ3v) is 8.71. The van der Waals surface area contributed by atoms with Gasteiger partial charge in [-0.05, 0) is 48.4 Å².